The molecule has 12 aromatic heterocycles. The minimum Gasteiger partial charge on any atom is -0.492 e. The Bertz CT molecular complexity index is 5070. The molecule has 14 heterocycles. The SMILES string of the molecule is C.CCCCCCCCOc1c[c]([Sn]([CH3])([CH3])[CH3])sc1-c1nc2sc(-c3s[c]([Sn]([CH3])([CH3])[CH3])cc3C)nc2s1.CCCCCCCCOc1cc(C)sc1-c1nc2sc(-c3sc(-c4cc5c(s4)-c4sc(C)cc4[Si]5(CCCCCCCC)CCCCCCCC)cc3C)nc2s1.CCCCCCCC[Si]1(CCCCCCCC)c2cc(Br)sc2-c2sc(Br)cc21. The fourth-order valence-electron chi connectivity index (χ4n) is 17.7. The van der Waals surface area contributed by atoms with Gasteiger partial charge in [-0.1, -0.05) is 251 Å². The molecule has 12 aromatic rings. The number of rotatable bonds is 51. The Morgan fingerprint density at radius 3 is 0.976 bits per heavy atom. The summed E-state index contributed by atoms with van der Waals surface area (Å²) in [4.78, 5) is 56.8. The molecular formula is C99H144Br2N4O2S12Si2Sn2. The number of aromatic nitrogens is 4. The van der Waals surface area contributed by atoms with E-state index in [4.69, 9.17) is 29.4 Å². The summed E-state index contributed by atoms with van der Waals surface area (Å²) in [7, 11) is -3.45. The van der Waals surface area contributed by atoms with E-state index in [1.807, 2.05) is 56.7 Å². The van der Waals surface area contributed by atoms with Gasteiger partial charge < -0.3 is 4.74 Å². The average molecular weight is 2260 g/mol. The normalized spacial score (nSPS) is 13.3. The van der Waals surface area contributed by atoms with Crippen molar-refractivity contribution in [2.24, 2.45) is 0 Å². The van der Waals surface area contributed by atoms with E-state index < -0.39 is 52.9 Å². The molecule has 24 heteroatoms. The molecule has 0 fully saturated rings. The van der Waals surface area contributed by atoms with Gasteiger partial charge in [0, 0.05) is 39.0 Å². The molecule has 0 radical (unpaired) electrons. The molecule has 2 aliphatic rings. The van der Waals surface area contributed by atoms with Gasteiger partial charge in [0.2, 0.25) is 0 Å². The Labute approximate surface area is 817 Å². The van der Waals surface area contributed by atoms with Crippen molar-refractivity contribution in [3.05, 3.63) is 77.0 Å². The molecule has 0 atom stereocenters. The van der Waals surface area contributed by atoms with E-state index in [1.165, 1.54) is 295 Å². The third kappa shape index (κ3) is 26.9. The molecule has 14 rings (SSSR count). The molecule has 0 spiro atoms. The fraction of sp³-hybridized carbons (Fsp3) is 0.596. The first kappa shape index (κ1) is 103. The smallest absolute Gasteiger partial charge is 0.155 e. The molecule has 0 aliphatic carbocycles. The van der Waals surface area contributed by atoms with Crippen molar-refractivity contribution in [1.82, 2.24) is 19.9 Å². The van der Waals surface area contributed by atoms with Gasteiger partial charge in [-0.25, -0.2) is 9.97 Å². The third-order valence-corrected chi connectivity index (χ3v) is 70.0. The summed E-state index contributed by atoms with van der Waals surface area (Å²) >= 11 is 26.1. The number of thiazole rings is 4. The average Bonchev–Trinajstić information content (AvgIpc) is 1.55. The maximum atomic E-state index is 6.39. The van der Waals surface area contributed by atoms with Crippen LogP contribution in [0.3, 0.4) is 0 Å². The molecule has 0 unspecified atom stereocenters. The van der Waals surface area contributed by atoms with Crippen molar-refractivity contribution >= 4 is 267 Å². The van der Waals surface area contributed by atoms with Crippen molar-refractivity contribution in [2.75, 3.05) is 13.2 Å². The second-order valence-corrected chi connectivity index (χ2v) is 91.7. The quantitative estimate of drug-likeness (QED) is 0.0279. The summed E-state index contributed by atoms with van der Waals surface area (Å²) in [6, 6.07) is 25.5. The first-order valence-electron chi connectivity index (χ1n) is 47.1. The Balaban J connectivity index is 0.000000192. The van der Waals surface area contributed by atoms with Crippen molar-refractivity contribution in [1.29, 1.82) is 0 Å². The Hall–Kier alpha value is -0.769. The largest absolute Gasteiger partial charge is 0.492 e. The zero-order chi connectivity index (χ0) is 86.6. The zero-order valence-electron chi connectivity index (χ0n) is 76.6. The summed E-state index contributed by atoms with van der Waals surface area (Å²) in [6.45, 7) is 24.4. The van der Waals surface area contributed by atoms with E-state index in [0.29, 0.717) is 0 Å². The first-order valence-corrected chi connectivity index (χ1v) is 83.3. The predicted octanol–water partition coefficient (Wildman–Crippen LogP) is 36.5. The number of aryl methyl sites for hydroxylation is 4. The Morgan fingerprint density at radius 1 is 0.285 bits per heavy atom. The minimum absolute atomic E-state index is 0. The van der Waals surface area contributed by atoms with E-state index in [2.05, 4.69) is 202 Å². The van der Waals surface area contributed by atoms with Crippen LogP contribution in [0, 0.1) is 27.7 Å². The summed E-state index contributed by atoms with van der Waals surface area (Å²) in [5.74, 6) is 2.04. The van der Waals surface area contributed by atoms with Crippen LogP contribution >= 0.6 is 168 Å². The third-order valence-electron chi connectivity index (χ3n) is 24.6. The molecule has 0 N–H and O–H groups in total. The van der Waals surface area contributed by atoms with Crippen LogP contribution in [0.25, 0.3) is 88.1 Å². The zero-order valence-corrected chi connectivity index (χ0v) is 97.3. The summed E-state index contributed by atoms with van der Waals surface area (Å²) in [5, 5.41) is 11.5. The van der Waals surface area contributed by atoms with Gasteiger partial charge in [-0.3, -0.25) is 0 Å². The number of fused-ring (bicyclic) bond motifs is 8. The number of hydrogen-bond donors (Lipinski definition) is 0. The molecule has 674 valence electrons. The molecule has 0 amide bonds. The van der Waals surface area contributed by atoms with Gasteiger partial charge >= 0.3 is 244 Å². The molecule has 0 saturated carbocycles. The first-order chi connectivity index (χ1) is 58.9. The van der Waals surface area contributed by atoms with E-state index in [9.17, 15) is 0 Å². The van der Waals surface area contributed by atoms with Gasteiger partial charge in [0.25, 0.3) is 0 Å². The van der Waals surface area contributed by atoms with Crippen LogP contribution in [-0.4, -0.2) is 86.1 Å². The maximum Gasteiger partial charge on any atom is 0.155 e. The van der Waals surface area contributed by atoms with Crippen LogP contribution in [0.4, 0.5) is 0 Å². The van der Waals surface area contributed by atoms with Crippen LogP contribution in [0.1, 0.15) is 301 Å². The van der Waals surface area contributed by atoms with Gasteiger partial charge in [-0.2, -0.15) is 0 Å². The molecule has 2 aliphatic heterocycles. The standard InChI is InChI=1S/C47H64N2OS6Si.C24H36Br2S2Si.C21H22N2OS4.CH4.6CH3.2Sn/c1-7-10-13-16-19-22-25-50-35-29-33(5)51-41(35)45-49-47-46(56-45)48-44(55-47)40-32(4)28-36(53-40)37-31-39-43(54-37)42-38(30-34(6)52-42)57(39,26-23-20-17-14-11-8-2)27-24-21-18-15-12-9-3;1-3-5-7-9-11-13-15-29(16-14-12-10-8-6-4-2)19-17-21(25)27-23(19)24-20(29)18-22(26)28-24;1-3-4-5-6-7-8-11-24-15-10-13-26-17(15)19-23-21-20(28-19)22-18(27-21)16-14(2)9-12-25-16;;;;;;;;;/h28-31H,7-27H2,1-6H3;17-18H,3-16H2,1-2H3;9-10H,3-8,11H2,1-2H3;1H4;6*1H3;;. The van der Waals surface area contributed by atoms with Crippen LogP contribution in [0.2, 0.25) is 53.8 Å². The minimum atomic E-state index is -2.21. The molecular weight excluding hydrogens is 2120 g/mol. The van der Waals surface area contributed by atoms with Crippen molar-refractivity contribution in [3.8, 4) is 80.3 Å². The van der Waals surface area contributed by atoms with Crippen LogP contribution < -0.4 is 36.0 Å². The van der Waals surface area contributed by atoms with Gasteiger partial charge in [-0.05, 0) is 146 Å². The van der Waals surface area contributed by atoms with Crippen LogP contribution in [0.15, 0.2) is 56.1 Å². The number of hydrogen-bond acceptors (Lipinski definition) is 18. The van der Waals surface area contributed by atoms with Gasteiger partial charge in [0.1, 0.15) is 36.8 Å². The van der Waals surface area contributed by atoms with E-state index >= 15 is 0 Å². The van der Waals surface area contributed by atoms with E-state index in [-0.39, 0.29) is 7.43 Å². The monoisotopic (exact) mass is 2260 g/mol. The molecule has 0 bridgehead atoms. The van der Waals surface area contributed by atoms with E-state index in [1.54, 1.807) is 103 Å². The summed E-state index contributed by atoms with van der Waals surface area (Å²) in [5.41, 5.74) is 2.70. The maximum absolute atomic E-state index is 6.39. The number of unbranched alkanes of at least 4 members (excludes halogenated alkanes) is 30. The summed E-state index contributed by atoms with van der Waals surface area (Å²) < 4.78 is 18.6. The fourth-order valence-corrected chi connectivity index (χ4v) is 57.4. The van der Waals surface area contributed by atoms with Gasteiger partial charge in [0.15, 0.2) is 9.66 Å². The number of ether oxygens (including phenoxy) is 2. The Morgan fingerprint density at radius 2 is 0.569 bits per heavy atom. The van der Waals surface area contributed by atoms with Crippen LogP contribution in [0.5, 0.6) is 11.5 Å². The second kappa shape index (κ2) is 50.0. The molecule has 123 heavy (non-hydrogen) atoms. The van der Waals surface area contributed by atoms with Crippen molar-refractivity contribution < 1.29 is 9.47 Å². The topological polar surface area (TPSA) is 70.0 Å². The molecule has 0 aromatic carbocycles. The van der Waals surface area contributed by atoms with Crippen LogP contribution in [-0.2, 0) is 0 Å². The van der Waals surface area contributed by atoms with Crippen molar-refractivity contribution in [2.45, 2.75) is 362 Å². The van der Waals surface area contributed by atoms with Gasteiger partial charge in [0.05, 0.1) is 19.1 Å². The molecule has 6 nitrogen and oxygen atoms in total. The van der Waals surface area contributed by atoms with E-state index in [0.717, 1.165) is 81.8 Å². The van der Waals surface area contributed by atoms with Gasteiger partial charge in [-0.15, -0.1) is 68.0 Å². The Kier molecular flexibility index (Phi) is 41.8. The predicted molar refractivity (Wildman–Crippen MR) is 586 cm³/mol. The molecule has 0 saturated heterocycles. The number of nitrogens with zero attached hydrogens (tertiary/aromatic N) is 4. The number of thiophene rings is 8. The number of halogens is 2. The second-order valence-electron chi connectivity index (χ2n) is 36.9. The van der Waals surface area contributed by atoms with Crippen molar-refractivity contribution in [3.63, 3.8) is 0 Å². The summed E-state index contributed by atoms with van der Waals surface area (Å²) in [6.07, 6.45) is 48.8.